The van der Waals surface area contributed by atoms with Gasteiger partial charge in [-0.2, -0.15) is 5.10 Å². The van der Waals surface area contributed by atoms with E-state index in [-0.39, 0.29) is 5.69 Å². The van der Waals surface area contributed by atoms with Gasteiger partial charge in [-0.05, 0) is 31.9 Å². The Morgan fingerprint density at radius 3 is 2.54 bits per heavy atom. The molecule has 2 unspecified atom stereocenters. The fraction of sp³-hybridized carbons (Fsp3) is 0.333. The van der Waals surface area contributed by atoms with Crippen LogP contribution in [0.15, 0.2) is 47.0 Å². The van der Waals surface area contributed by atoms with Gasteiger partial charge in [0.15, 0.2) is 0 Å². The molecule has 2 aliphatic rings. The van der Waals surface area contributed by atoms with Crippen molar-refractivity contribution in [3.63, 3.8) is 0 Å². The van der Waals surface area contributed by atoms with Gasteiger partial charge < -0.3 is 21.2 Å². The highest BCUT2D eigenvalue weighted by Crippen LogP contribution is 2.25. The van der Waals surface area contributed by atoms with Crippen LogP contribution in [0.25, 0.3) is 0 Å². The van der Waals surface area contributed by atoms with Crippen LogP contribution in [0, 0.1) is 17.6 Å². The summed E-state index contributed by atoms with van der Waals surface area (Å²) in [5, 5.41) is 12.1. The zero-order chi connectivity index (χ0) is 18.7. The molecular weight excluding hydrogens is 340 g/mol. The molecule has 0 aromatic heterocycles. The normalized spacial score (nSPS) is 23.3. The van der Waals surface area contributed by atoms with Crippen LogP contribution >= 0.6 is 0 Å². The Kier molecular flexibility index (Phi) is 5.32. The van der Waals surface area contributed by atoms with Crippen LogP contribution in [0.4, 0.5) is 14.5 Å². The third kappa shape index (κ3) is 4.26. The second-order valence-corrected chi connectivity index (χ2v) is 6.29. The Hall–Kier alpha value is -2.74. The number of aldehydes is 1. The average Bonchev–Trinajstić information content (AvgIpc) is 3.33. The lowest BCUT2D eigenvalue weighted by molar-refractivity contribution is -0.110. The maximum atomic E-state index is 13.4. The van der Waals surface area contributed by atoms with Crippen LogP contribution in [-0.4, -0.2) is 29.7 Å². The Morgan fingerprint density at radius 2 is 2.00 bits per heavy atom. The van der Waals surface area contributed by atoms with Crippen molar-refractivity contribution >= 4 is 18.2 Å². The summed E-state index contributed by atoms with van der Waals surface area (Å²) in [6, 6.07) is 3.55. The molecule has 1 aliphatic carbocycles. The van der Waals surface area contributed by atoms with Gasteiger partial charge in [-0.15, -0.1) is 0 Å². The summed E-state index contributed by atoms with van der Waals surface area (Å²) in [5.74, 6) is -1.19. The number of halogens is 2. The first-order valence-electron chi connectivity index (χ1n) is 8.42. The summed E-state index contributed by atoms with van der Waals surface area (Å²) in [7, 11) is 0. The minimum atomic E-state index is -0.664. The van der Waals surface area contributed by atoms with E-state index in [2.05, 4.69) is 15.7 Å². The van der Waals surface area contributed by atoms with Crippen LogP contribution in [0.1, 0.15) is 19.8 Å². The van der Waals surface area contributed by atoms with Crippen molar-refractivity contribution in [1.82, 2.24) is 10.3 Å². The highest BCUT2D eigenvalue weighted by atomic mass is 19.1. The SMILES string of the molecule is C/C=C(/C=C(/NC1CC1)N1N=CC(C=O)C1N)Nc1cc(F)cc(F)c1. The molecule has 26 heavy (non-hydrogen) atoms. The number of anilines is 1. The minimum absolute atomic E-state index is 0.289. The number of rotatable bonds is 7. The van der Waals surface area contributed by atoms with Crippen LogP contribution in [0.2, 0.25) is 0 Å². The van der Waals surface area contributed by atoms with E-state index < -0.39 is 23.7 Å². The molecule has 0 spiro atoms. The molecule has 1 aromatic rings. The Morgan fingerprint density at radius 1 is 1.31 bits per heavy atom. The molecule has 0 radical (unpaired) electrons. The van der Waals surface area contributed by atoms with E-state index in [4.69, 9.17) is 5.73 Å². The highest BCUT2D eigenvalue weighted by molar-refractivity contribution is 5.83. The zero-order valence-corrected chi connectivity index (χ0v) is 14.3. The van der Waals surface area contributed by atoms with Crippen molar-refractivity contribution in [1.29, 1.82) is 0 Å². The van der Waals surface area contributed by atoms with Crippen molar-refractivity contribution in [3.05, 3.63) is 53.5 Å². The lowest BCUT2D eigenvalue weighted by atomic mass is 10.1. The Labute approximate surface area is 150 Å². The summed E-state index contributed by atoms with van der Waals surface area (Å²) < 4.78 is 26.8. The van der Waals surface area contributed by atoms with Crippen molar-refractivity contribution in [2.45, 2.75) is 32.0 Å². The molecule has 1 aliphatic heterocycles. The Bertz CT molecular complexity index is 753. The number of hydrogen-bond acceptors (Lipinski definition) is 6. The van der Waals surface area contributed by atoms with E-state index in [1.54, 1.807) is 24.1 Å². The Balaban J connectivity index is 1.83. The van der Waals surface area contributed by atoms with E-state index in [0.717, 1.165) is 25.2 Å². The second kappa shape index (κ2) is 7.65. The molecule has 1 saturated carbocycles. The quantitative estimate of drug-likeness (QED) is 0.513. The average molecular weight is 361 g/mol. The topological polar surface area (TPSA) is 82.8 Å². The summed E-state index contributed by atoms with van der Waals surface area (Å²) in [6.45, 7) is 1.80. The van der Waals surface area contributed by atoms with Gasteiger partial charge in [0.25, 0.3) is 0 Å². The summed E-state index contributed by atoms with van der Waals surface area (Å²) in [6.07, 6.45) is 7.25. The standard InChI is InChI=1S/C18H21F2N5O/c1-2-14(23-16-6-12(19)5-13(20)7-16)8-17(24-15-3-4-15)25-18(21)11(10-26)9-22-25/h2,5-11,15,18,23-24H,3-4,21H2,1H3/b14-2-,17-8-. The largest absolute Gasteiger partial charge is 0.367 e. The van der Waals surface area contributed by atoms with Gasteiger partial charge in [-0.25, -0.2) is 13.8 Å². The molecule has 138 valence electrons. The molecule has 3 rings (SSSR count). The summed E-state index contributed by atoms with van der Waals surface area (Å²) in [5.41, 5.74) is 6.99. The molecule has 1 fully saturated rings. The summed E-state index contributed by atoms with van der Waals surface area (Å²) in [4.78, 5) is 11.1. The van der Waals surface area contributed by atoms with Crippen LogP contribution in [0.3, 0.4) is 0 Å². The van der Waals surface area contributed by atoms with Crippen molar-refractivity contribution < 1.29 is 13.6 Å². The van der Waals surface area contributed by atoms with Gasteiger partial charge >= 0.3 is 0 Å². The first-order valence-corrected chi connectivity index (χ1v) is 8.42. The number of hydrazone groups is 1. The lowest BCUT2D eigenvalue weighted by Gasteiger charge is -2.26. The number of benzene rings is 1. The van der Waals surface area contributed by atoms with Gasteiger partial charge in [-0.3, -0.25) is 0 Å². The molecule has 2 atom stereocenters. The van der Waals surface area contributed by atoms with Gasteiger partial charge in [0, 0.05) is 35.8 Å². The van der Waals surface area contributed by atoms with E-state index in [1.807, 2.05) is 0 Å². The second-order valence-electron chi connectivity index (χ2n) is 6.29. The maximum Gasteiger partial charge on any atom is 0.131 e. The van der Waals surface area contributed by atoms with Crippen LogP contribution in [-0.2, 0) is 4.79 Å². The summed E-state index contributed by atoms with van der Waals surface area (Å²) >= 11 is 0. The predicted molar refractivity (Wildman–Crippen MR) is 95.8 cm³/mol. The third-order valence-corrected chi connectivity index (χ3v) is 4.13. The molecule has 0 bridgehead atoms. The molecular formula is C18H21F2N5O. The maximum absolute atomic E-state index is 13.4. The van der Waals surface area contributed by atoms with E-state index in [1.165, 1.54) is 18.3 Å². The van der Waals surface area contributed by atoms with Crippen molar-refractivity contribution in [2.75, 3.05) is 5.32 Å². The first kappa shape index (κ1) is 18.1. The van der Waals surface area contributed by atoms with Gasteiger partial charge in [0.1, 0.15) is 29.9 Å². The highest BCUT2D eigenvalue weighted by Gasteiger charge is 2.32. The predicted octanol–water partition coefficient (Wildman–Crippen LogP) is 2.28. The van der Waals surface area contributed by atoms with Crippen LogP contribution < -0.4 is 16.4 Å². The molecule has 1 heterocycles. The number of nitrogens with one attached hydrogen (secondary N) is 2. The number of carbonyl (C=O) groups is 1. The first-order chi connectivity index (χ1) is 12.5. The van der Waals surface area contributed by atoms with E-state index >= 15 is 0 Å². The van der Waals surface area contributed by atoms with E-state index in [9.17, 15) is 13.6 Å². The monoisotopic (exact) mass is 361 g/mol. The molecule has 1 aromatic carbocycles. The fourth-order valence-electron chi connectivity index (χ4n) is 2.56. The third-order valence-electron chi connectivity index (χ3n) is 4.13. The lowest BCUT2D eigenvalue weighted by Crippen LogP contribution is -2.43. The van der Waals surface area contributed by atoms with Crippen molar-refractivity contribution in [3.8, 4) is 0 Å². The molecule has 0 amide bonds. The number of allylic oxidation sites excluding steroid dienone is 2. The molecule has 8 heteroatoms. The van der Waals surface area contributed by atoms with Gasteiger partial charge in [-0.1, -0.05) is 6.08 Å². The number of hydrogen-bond donors (Lipinski definition) is 3. The molecule has 4 N–H and O–H groups in total. The van der Waals surface area contributed by atoms with Gasteiger partial charge in [0.05, 0.1) is 5.92 Å². The van der Waals surface area contributed by atoms with E-state index in [0.29, 0.717) is 17.6 Å². The molecule has 0 saturated heterocycles. The fourth-order valence-corrected chi connectivity index (χ4v) is 2.56. The number of carbonyl (C=O) groups excluding carboxylic acids is 1. The van der Waals surface area contributed by atoms with Gasteiger partial charge in [0.2, 0.25) is 0 Å². The zero-order valence-electron chi connectivity index (χ0n) is 14.3. The number of nitrogens with zero attached hydrogens (tertiary/aromatic N) is 2. The smallest absolute Gasteiger partial charge is 0.131 e. The minimum Gasteiger partial charge on any atom is -0.367 e. The van der Waals surface area contributed by atoms with Crippen LogP contribution in [0.5, 0.6) is 0 Å². The molecule has 6 nitrogen and oxygen atoms in total. The number of nitrogens with two attached hydrogens (primary N) is 1. The van der Waals surface area contributed by atoms with Crippen molar-refractivity contribution in [2.24, 2.45) is 16.8 Å².